The number of hydrogen-bond donors (Lipinski definition) is 1. The van der Waals surface area contributed by atoms with Crippen molar-refractivity contribution in [1.29, 1.82) is 0 Å². The van der Waals surface area contributed by atoms with Crippen LogP contribution < -0.4 is 0 Å². The van der Waals surface area contributed by atoms with Gasteiger partial charge in [-0.05, 0) is 129 Å². The van der Waals surface area contributed by atoms with Crippen molar-refractivity contribution in [3.63, 3.8) is 0 Å². The molecule has 288 valence electrons. The van der Waals surface area contributed by atoms with Crippen molar-refractivity contribution in [1.82, 2.24) is 10.2 Å². The molecule has 1 heterocycles. The maximum atomic E-state index is 14.1. The van der Waals surface area contributed by atoms with Gasteiger partial charge in [-0.25, -0.2) is 0 Å². The highest BCUT2D eigenvalue weighted by Gasteiger charge is 2.70. The van der Waals surface area contributed by atoms with E-state index in [9.17, 15) is 19.5 Å². The van der Waals surface area contributed by atoms with Gasteiger partial charge in [0.15, 0.2) is 5.78 Å². The fraction of sp³-hybridized carbons (Fsp3) is 0.705. The highest BCUT2D eigenvalue weighted by atomic mass is 35.5. The van der Waals surface area contributed by atoms with Gasteiger partial charge in [0.05, 0.1) is 11.8 Å². The zero-order valence-corrected chi connectivity index (χ0v) is 34.0. The summed E-state index contributed by atoms with van der Waals surface area (Å²) in [6.07, 6.45) is 8.76. The molecule has 5 aliphatic carbocycles. The molecule has 0 spiro atoms. The van der Waals surface area contributed by atoms with E-state index < -0.39 is 17.4 Å². The van der Waals surface area contributed by atoms with E-state index in [-0.39, 0.29) is 51.3 Å². The minimum atomic E-state index is -1.16. The molecule has 0 radical (unpaired) electrons. The number of rotatable bonds is 8. The number of carbonyl (C=O) groups is 3. The average molecular weight is 747 g/mol. The number of ketones is 1. The Morgan fingerprint density at radius 1 is 0.981 bits per heavy atom. The number of aromatic nitrogens is 2. The molecule has 4 fully saturated rings. The van der Waals surface area contributed by atoms with Crippen LogP contribution in [0.2, 0.25) is 5.02 Å². The van der Waals surface area contributed by atoms with Crippen LogP contribution in [0.4, 0.5) is 0 Å². The monoisotopic (exact) mass is 746 g/mol. The van der Waals surface area contributed by atoms with Gasteiger partial charge in [-0.2, -0.15) is 0 Å². The molecule has 0 saturated heterocycles. The van der Waals surface area contributed by atoms with Crippen LogP contribution in [0, 0.1) is 56.2 Å². The second kappa shape index (κ2) is 12.8. The van der Waals surface area contributed by atoms with Crippen molar-refractivity contribution >= 4 is 29.3 Å². The Labute approximate surface area is 320 Å². The number of benzene rings is 1. The number of Topliss-reactive ketones (excluding diaryl/α,β-unsaturated/α-hetero) is 1. The summed E-state index contributed by atoms with van der Waals surface area (Å²) in [7, 11) is 0. The number of esters is 1. The molecule has 9 heteroatoms. The van der Waals surface area contributed by atoms with Gasteiger partial charge >= 0.3 is 11.9 Å². The largest absolute Gasteiger partial charge is 0.481 e. The number of nitrogens with zero attached hydrogens (tertiary/aromatic N) is 2. The van der Waals surface area contributed by atoms with Crippen LogP contribution in [0.3, 0.4) is 0 Å². The SMILES string of the molecule is CC(C)C1=C2[C@H]3CC[C@@H]4[C@@]5(C)CC[C@H](OC(=O)CC(C)(C)C(=O)O)C(C)(C)[C@@H]5CC[C@@]4(C)[C@]3(C)CC[C@@]2(Cc2nnc(-c3cccc(Cl)c3)o2)CC1=O. The molecule has 7 rings (SSSR count). The van der Waals surface area contributed by atoms with Crippen LogP contribution in [0.25, 0.3) is 11.5 Å². The number of carbonyl (C=O) groups excluding carboxylic acids is 2. The summed E-state index contributed by atoms with van der Waals surface area (Å²) in [5, 5.41) is 19.2. The van der Waals surface area contributed by atoms with Gasteiger partial charge in [-0.3, -0.25) is 14.4 Å². The lowest BCUT2D eigenvalue weighted by Gasteiger charge is -2.72. The molecular formula is C44H59ClN2O6. The number of ether oxygens (including phenoxy) is 1. The zero-order chi connectivity index (χ0) is 38.5. The predicted molar refractivity (Wildman–Crippen MR) is 204 cm³/mol. The Bertz CT molecular complexity index is 1860. The topological polar surface area (TPSA) is 120 Å². The average Bonchev–Trinajstić information content (AvgIpc) is 3.64. The Hall–Kier alpha value is -3.00. The number of hydrogen-bond acceptors (Lipinski definition) is 7. The van der Waals surface area contributed by atoms with Gasteiger partial charge < -0.3 is 14.3 Å². The van der Waals surface area contributed by atoms with Crippen LogP contribution >= 0.6 is 11.6 Å². The molecule has 0 aliphatic heterocycles. The summed E-state index contributed by atoms with van der Waals surface area (Å²) >= 11 is 6.27. The van der Waals surface area contributed by atoms with Crippen LogP contribution in [0.1, 0.15) is 132 Å². The summed E-state index contributed by atoms with van der Waals surface area (Å²) in [4.78, 5) is 39.0. The minimum absolute atomic E-state index is 0.0180. The van der Waals surface area contributed by atoms with Crippen LogP contribution in [-0.4, -0.2) is 39.1 Å². The number of fused-ring (bicyclic) bond motifs is 7. The summed E-state index contributed by atoms with van der Waals surface area (Å²) in [5.74, 6) is 1.24. The van der Waals surface area contributed by atoms with E-state index in [0.717, 1.165) is 62.5 Å². The van der Waals surface area contributed by atoms with E-state index in [1.54, 1.807) is 13.8 Å². The first-order valence-corrected chi connectivity index (χ1v) is 20.4. The van der Waals surface area contributed by atoms with Crippen molar-refractivity contribution in [2.24, 2.45) is 56.2 Å². The lowest BCUT2D eigenvalue weighted by Crippen LogP contribution is -2.65. The number of halogens is 1. The number of aliphatic carboxylic acids is 1. The molecule has 0 unspecified atom stereocenters. The third-order valence-electron chi connectivity index (χ3n) is 16.0. The van der Waals surface area contributed by atoms with E-state index in [0.29, 0.717) is 47.4 Å². The first-order chi connectivity index (χ1) is 24.7. The maximum absolute atomic E-state index is 14.1. The smallest absolute Gasteiger partial charge is 0.309 e. The summed E-state index contributed by atoms with van der Waals surface area (Å²) in [5.41, 5.74) is 1.67. The molecule has 1 N–H and O–H groups in total. The van der Waals surface area contributed by atoms with Gasteiger partial charge in [0.1, 0.15) is 6.10 Å². The number of allylic oxidation sites excluding steroid dienone is 2. The molecule has 8 atom stereocenters. The lowest BCUT2D eigenvalue weighted by atomic mass is 9.33. The summed E-state index contributed by atoms with van der Waals surface area (Å²) < 4.78 is 12.5. The first-order valence-electron chi connectivity index (χ1n) is 20.0. The van der Waals surface area contributed by atoms with E-state index in [1.165, 1.54) is 5.57 Å². The second-order valence-corrected chi connectivity index (χ2v) is 20.3. The minimum Gasteiger partial charge on any atom is -0.481 e. The van der Waals surface area contributed by atoms with Gasteiger partial charge in [-0.15, -0.1) is 10.2 Å². The van der Waals surface area contributed by atoms with Crippen LogP contribution in [0.5, 0.6) is 0 Å². The Kier molecular flexibility index (Phi) is 9.23. The van der Waals surface area contributed by atoms with Crippen LogP contribution in [-0.2, 0) is 25.5 Å². The lowest BCUT2D eigenvalue weighted by molar-refractivity contribution is -0.233. The van der Waals surface area contributed by atoms with Crippen molar-refractivity contribution in [3.8, 4) is 11.5 Å². The van der Waals surface area contributed by atoms with E-state index in [4.69, 9.17) is 20.8 Å². The standard InChI is InChI=1S/C44H59ClN2O6/c1-25(2)35-29(48)22-44(23-33-46-47-37(53-33)26-11-10-12-27(45)21-26)20-19-42(8)28(36(35)44)13-14-31-41(7)17-16-32(52-34(49)24-39(3,4)38(50)51)40(5,6)30(41)15-18-43(31,42)9/h10-12,21,25,28,30-32H,13-20,22-24H2,1-9H3,(H,50,51)/t28-,30+,31-,32+,41+,42-,43-,44+/m1/s1. The molecule has 53 heavy (non-hydrogen) atoms. The molecule has 0 amide bonds. The quantitative estimate of drug-likeness (QED) is 0.265. The first kappa shape index (κ1) is 38.3. The second-order valence-electron chi connectivity index (χ2n) is 19.9. The van der Waals surface area contributed by atoms with Crippen molar-refractivity contribution < 1.29 is 28.6 Å². The van der Waals surface area contributed by atoms with E-state index in [1.807, 2.05) is 24.3 Å². The Morgan fingerprint density at radius 3 is 2.40 bits per heavy atom. The molecule has 1 aromatic carbocycles. The fourth-order valence-corrected chi connectivity index (χ4v) is 13.3. The van der Waals surface area contributed by atoms with Crippen molar-refractivity contribution in [2.45, 2.75) is 139 Å². The molecular weight excluding hydrogens is 688 g/mol. The Morgan fingerprint density at radius 2 is 1.72 bits per heavy atom. The highest BCUT2D eigenvalue weighted by Crippen LogP contribution is 2.77. The maximum Gasteiger partial charge on any atom is 0.309 e. The molecule has 4 saturated carbocycles. The number of carboxylic acid groups (broad SMARTS) is 1. The fourth-order valence-electron chi connectivity index (χ4n) is 13.1. The molecule has 1 aromatic heterocycles. The van der Waals surface area contributed by atoms with Gasteiger partial charge in [0.25, 0.3) is 0 Å². The molecule has 5 aliphatic rings. The van der Waals surface area contributed by atoms with Gasteiger partial charge in [0.2, 0.25) is 11.8 Å². The van der Waals surface area contributed by atoms with Crippen LogP contribution in [0.15, 0.2) is 39.8 Å². The van der Waals surface area contributed by atoms with E-state index >= 15 is 0 Å². The third-order valence-corrected chi connectivity index (χ3v) is 16.2. The van der Waals surface area contributed by atoms with E-state index in [2.05, 4.69) is 58.7 Å². The van der Waals surface area contributed by atoms with Crippen molar-refractivity contribution in [2.75, 3.05) is 0 Å². The number of carboxylic acids is 1. The van der Waals surface area contributed by atoms with Gasteiger partial charge in [-0.1, -0.05) is 71.7 Å². The zero-order valence-electron chi connectivity index (χ0n) is 33.2. The molecule has 0 bridgehead atoms. The predicted octanol–water partition coefficient (Wildman–Crippen LogP) is 10.3. The molecule has 2 aromatic rings. The third kappa shape index (κ3) is 5.85. The van der Waals surface area contributed by atoms with Crippen molar-refractivity contribution in [3.05, 3.63) is 46.3 Å². The highest BCUT2D eigenvalue weighted by molar-refractivity contribution is 6.30. The van der Waals surface area contributed by atoms with Gasteiger partial charge in [0, 0.05) is 34.3 Å². The summed E-state index contributed by atoms with van der Waals surface area (Å²) in [6.45, 7) is 19.7. The normalized spacial score (nSPS) is 36.4. The molecule has 8 nitrogen and oxygen atoms in total. The summed E-state index contributed by atoms with van der Waals surface area (Å²) in [6, 6.07) is 7.47. The Balaban J connectivity index is 1.18.